The number of nitrogens with one attached hydrogen (secondary N) is 2. The Hall–Kier alpha value is -3.02. The number of hydrogen-bond acceptors (Lipinski definition) is 4. The summed E-state index contributed by atoms with van der Waals surface area (Å²) in [6, 6.07) is 12.1. The first-order chi connectivity index (χ1) is 11.6. The molecular weight excluding hydrogens is 308 g/mol. The number of carbonyl (C=O) groups excluding carboxylic acids is 2. The van der Waals surface area contributed by atoms with Gasteiger partial charge in [-0.2, -0.15) is 0 Å². The van der Waals surface area contributed by atoms with Crippen molar-refractivity contribution in [2.75, 3.05) is 19.5 Å². The molecule has 0 spiro atoms. The Labute approximate surface area is 139 Å². The average Bonchev–Trinajstić information content (AvgIpc) is 2.91. The van der Waals surface area contributed by atoms with E-state index in [-0.39, 0.29) is 24.3 Å². The maximum atomic E-state index is 12.4. The first-order valence-electron chi connectivity index (χ1n) is 7.54. The fourth-order valence-electron chi connectivity index (χ4n) is 2.78. The topological polar surface area (TPSA) is 76.7 Å². The number of methoxy groups -OCH3 is 2. The van der Waals surface area contributed by atoms with Crippen molar-refractivity contribution in [2.24, 2.45) is 0 Å². The molecular formula is C18H18N2O4. The number of carbonyl (C=O) groups is 2. The van der Waals surface area contributed by atoms with Crippen molar-refractivity contribution in [1.82, 2.24) is 5.32 Å². The van der Waals surface area contributed by atoms with Gasteiger partial charge in [-0.3, -0.25) is 9.59 Å². The molecule has 6 nitrogen and oxygen atoms in total. The Kier molecular flexibility index (Phi) is 4.37. The molecule has 0 radical (unpaired) electrons. The van der Waals surface area contributed by atoms with Crippen LogP contribution >= 0.6 is 0 Å². The third-order valence-electron chi connectivity index (χ3n) is 3.96. The van der Waals surface area contributed by atoms with Crippen molar-refractivity contribution in [2.45, 2.75) is 12.5 Å². The molecule has 0 unspecified atom stereocenters. The van der Waals surface area contributed by atoms with Crippen LogP contribution in [0.1, 0.15) is 28.4 Å². The average molecular weight is 326 g/mol. The third kappa shape index (κ3) is 3.03. The smallest absolute Gasteiger partial charge is 0.252 e. The van der Waals surface area contributed by atoms with E-state index in [0.717, 1.165) is 5.56 Å². The van der Waals surface area contributed by atoms with Crippen molar-refractivity contribution in [3.05, 3.63) is 53.6 Å². The number of benzene rings is 2. The van der Waals surface area contributed by atoms with E-state index in [4.69, 9.17) is 9.47 Å². The van der Waals surface area contributed by atoms with Gasteiger partial charge in [0.1, 0.15) is 11.5 Å². The van der Waals surface area contributed by atoms with Crippen LogP contribution in [-0.2, 0) is 4.79 Å². The van der Waals surface area contributed by atoms with Crippen molar-refractivity contribution in [3.8, 4) is 11.5 Å². The van der Waals surface area contributed by atoms with E-state index in [2.05, 4.69) is 10.6 Å². The molecule has 24 heavy (non-hydrogen) atoms. The van der Waals surface area contributed by atoms with E-state index < -0.39 is 0 Å². The van der Waals surface area contributed by atoms with Gasteiger partial charge in [-0.05, 0) is 23.8 Å². The molecule has 0 saturated heterocycles. The first kappa shape index (κ1) is 15.9. The lowest BCUT2D eigenvalue weighted by atomic mass is 10.0. The maximum Gasteiger partial charge on any atom is 0.252 e. The summed E-state index contributed by atoms with van der Waals surface area (Å²) in [6.07, 6.45) is 0.142. The van der Waals surface area contributed by atoms with Gasteiger partial charge in [0.25, 0.3) is 5.91 Å². The van der Waals surface area contributed by atoms with Gasteiger partial charge in [-0.15, -0.1) is 0 Å². The number of ether oxygens (including phenoxy) is 2. The third-order valence-corrected chi connectivity index (χ3v) is 3.96. The molecule has 2 aromatic rings. The standard InChI is InChI=1S/C18H18N2O4/c1-23-11-7-8-16(24-2)15(9-11)19-17(21)10-14-12-5-3-4-6-13(12)18(22)20-14/h3-9,14H,10H2,1-2H3,(H,19,21)(H,20,22)/t14-/m0/s1. The van der Waals surface area contributed by atoms with Gasteiger partial charge < -0.3 is 20.1 Å². The van der Waals surface area contributed by atoms with Crippen molar-refractivity contribution in [1.29, 1.82) is 0 Å². The molecule has 1 atom stereocenters. The Balaban J connectivity index is 1.74. The van der Waals surface area contributed by atoms with Crippen molar-refractivity contribution in [3.63, 3.8) is 0 Å². The molecule has 6 heteroatoms. The normalized spacial score (nSPS) is 15.4. The Morgan fingerprint density at radius 2 is 1.96 bits per heavy atom. The van der Waals surface area contributed by atoms with E-state index >= 15 is 0 Å². The predicted octanol–water partition coefficient (Wildman–Crippen LogP) is 2.52. The van der Waals surface area contributed by atoms with Gasteiger partial charge in [-0.25, -0.2) is 0 Å². The molecule has 1 heterocycles. The summed E-state index contributed by atoms with van der Waals surface area (Å²) in [6.45, 7) is 0. The highest BCUT2D eigenvalue weighted by Gasteiger charge is 2.29. The highest BCUT2D eigenvalue weighted by atomic mass is 16.5. The molecule has 2 N–H and O–H groups in total. The van der Waals surface area contributed by atoms with E-state index in [1.165, 1.54) is 7.11 Å². The summed E-state index contributed by atoms with van der Waals surface area (Å²) in [5.41, 5.74) is 1.99. The number of rotatable bonds is 5. The molecule has 3 rings (SSSR count). The fraction of sp³-hybridized carbons (Fsp3) is 0.222. The number of anilines is 1. The summed E-state index contributed by atoms with van der Waals surface area (Å²) in [5, 5.41) is 5.64. The van der Waals surface area contributed by atoms with Gasteiger partial charge in [0.2, 0.25) is 5.91 Å². The molecule has 0 bridgehead atoms. The fourth-order valence-corrected chi connectivity index (χ4v) is 2.78. The first-order valence-corrected chi connectivity index (χ1v) is 7.54. The number of amides is 2. The SMILES string of the molecule is COc1ccc(OC)c(NC(=O)C[C@@H]2NC(=O)c3ccccc32)c1. The maximum absolute atomic E-state index is 12.4. The van der Waals surface area contributed by atoms with Gasteiger partial charge in [-0.1, -0.05) is 18.2 Å². The summed E-state index contributed by atoms with van der Waals surface area (Å²) in [4.78, 5) is 24.3. The minimum atomic E-state index is -0.328. The highest BCUT2D eigenvalue weighted by molar-refractivity contribution is 6.00. The second-order valence-electron chi connectivity index (χ2n) is 5.43. The van der Waals surface area contributed by atoms with E-state index in [9.17, 15) is 9.59 Å². The zero-order valence-corrected chi connectivity index (χ0v) is 13.5. The second kappa shape index (κ2) is 6.62. The van der Waals surface area contributed by atoms with Crippen LogP contribution in [0.15, 0.2) is 42.5 Å². The molecule has 1 aliphatic heterocycles. The van der Waals surface area contributed by atoms with Crippen LogP contribution in [0.4, 0.5) is 5.69 Å². The summed E-state index contributed by atoms with van der Waals surface area (Å²) < 4.78 is 10.4. The van der Waals surface area contributed by atoms with Gasteiger partial charge >= 0.3 is 0 Å². The molecule has 0 saturated carbocycles. The minimum absolute atomic E-state index is 0.142. The Morgan fingerprint density at radius 3 is 2.71 bits per heavy atom. The lowest BCUT2D eigenvalue weighted by molar-refractivity contribution is -0.116. The zero-order chi connectivity index (χ0) is 17.1. The summed E-state index contributed by atoms with van der Waals surface area (Å²) >= 11 is 0. The van der Waals surface area contributed by atoms with E-state index in [1.54, 1.807) is 31.4 Å². The Bertz CT molecular complexity index is 788. The number of fused-ring (bicyclic) bond motifs is 1. The molecule has 0 fully saturated rings. The van der Waals surface area contributed by atoms with Crippen LogP contribution in [0, 0.1) is 0 Å². The van der Waals surface area contributed by atoms with Crippen molar-refractivity contribution >= 4 is 17.5 Å². The van der Waals surface area contributed by atoms with Crippen LogP contribution in [-0.4, -0.2) is 26.0 Å². The second-order valence-corrected chi connectivity index (χ2v) is 5.43. The van der Waals surface area contributed by atoms with Crippen LogP contribution in [0.5, 0.6) is 11.5 Å². The van der Waals surface area contributed by atoms with Crippen molar-refractivity contribution < 1.29 is 19.1 Å². The molecule has 124 valence electrons. The lowest BCUT2D eigenvalue weighted by Gasteiger charge is -2.14. The molecule has 0 aromatic heterocycles. The van der Waals surface area contributed by atoms with Crippen LogP contribution in [0.2, 0.25) is 0 Å². The van der Waals surface area contributed by atoms with Crippen LogP contribution in [0.25, 0.3) is 0 Å². The summed E-state index contributed by atoms with van der Waals surface area (Å²) in [5.74, 6) is 0.788. The van der Waals surface area contributed by atoms with Gasteiger partial charge in [0.15, 0.2) is 0 Å². The van der Waals surface area contributed by atoms with E-state index in [1.807, 2.05) is 18.2 Å². The van der Waals surface area contributed by atoms with Crippen LogP contribution in [0.3, 0.4) is 0 Å². The quantitative estimate of drug-likeness (QED) is 0.885. The Morgan fingerprint density at radius 1 is 1.17 bits per heavy atom. The highest BCUT2D eigenvalue weighted by Crippen LogP contribution is 2.31. The molecule has 0 aliphatic carbocycles. The van der Waals surface area contributed by atoms with Gasteiger partial charge in [0, 0.05) is 11.6 Å². The van der Waals surface area contributed by atoms with E-state index in [0.29, 0.717) is 22.7 Å². The molecule has 2 aromatic carbocycles. The largest absolute Gasteiger partial charge is 0.497 e. The minimum Gasteiger partial charge on any atom is -0.497 e. The predicted molar refractivity (Wildman–Crippen MR) is 89.4 cm³/mol. The summed E-state index contributed by atoms with van der Waals surface area (Å²) in [7, 11) is 3.09. The molecule has 1 aliphatic rings. The lowest BCUT2D eigenvalue weighted by Crippen LogP contribution is -2.24. The van der Waals surface area contributed by atoms with Crippen LogP contribution < -0.4 is 20.1 Å². The monoisotopic (exact) mass is 326 g/mol. The zero-order valence-electron chi connectivity index (χ0n) is 13.5. The van der Waals surface area contributed by atoms with Gasteiger partial charge in [0.05, 0.1) is 32.4 Å². The number of hydrogen-bond donors (Lipinski definition) is 2. The molecule has 2 amide bonds.